The van der Waals surface area contributed by atoms with Crippen molar-refractivity contribution < 1.29 is 27.9 Å². The van der Waals surface area contributed by atoms with Crippen LogP contribution in [-0.4, -0.2) is 30.9 Å². The zero-order chi connectivity index (χ0) is 18.9. The highest BCUT2D eigenvalue weighted by Gasteiger charge is 2.17. The SMILES string of the molecule is CCOC(=O)CNC(=O)/C(=C/c1ccc(F)cc1)NC(=O)c1ccco1. The van der Waals surface area contributed by atoms with E-state index < -0.39 is 23.6 Å². The van der Waals surface area contributed by atoms with Gasteiger partial charge in [-0.15, -0.1) is 0 Å². The lowest BCUT2D eigenvalue weighted by atomic mass is 10.2. The molecule has 1 aromatic carbocycles. The van der Waals surface area contributed by atoms with E-state index in [0.717, 1.165) is 0 Å². The number of rotatable bonds is 7. The molecule has 2 aromatic rings. The van der Waals surface area contributed by atoms with Gasteiger partial charge in [0.25, 0.3) is 11.8 Å². The molecule has 0 saturated heterocycles. The fourth-order valence-electron chi connectivity index (χ4n) is 1.94. The molecule has 0 saturated carbocycles. The number of halogens is 1. The third-order valence-corrected chi connectivity index (χ3v) is 3.12. The Morgan fingerprint density at radius 2 is 1.92 bits per heavy atom. The molecule has 0 aliphatic carbocycles. The first-order valence-electron chi connectivity index (χ1n) is 7.75. The van der Waals surface area contributed by atoms with Crippen LogP contribution in [0.1, 0.15) is 23.0 Å². The van der Waals surface area contributed by atoms with Crippen LogP contribution in [-0.2, 0) is 14.3 Å². The number of furan rings is 1. The van der Waals surface area contributed by atoms with Crippen molar-refractivity contribution in [2.24, 2.45) is 0 Å². The van der Waals surface area contributed by atoms with E-state index in [1.165, 1.54) is 48.7 Å². The van der Waals surface area contributed by atoms with Gasteiger partial charge in [-0.05, 0) is 42.8 Å². The molecule has 0 aliphatic heterocycles. The summed E-state index contributed by atoms with van der Waals surface area (Å²) in [6.07, 6.45) is 2.67. The van der Waals surface area contributed by atoms with E-state index in [4.69, 9.17) is 9.15 Å². The summed E-state index contributed by atoms with van der Waals surface area (Å²) in [5.41, 5.74) is 0.342. The van der Waals surface area contributed by atoms with Crippen LogP contribution in [0.5, 0.6) is 0 Å². The molecule has 2 N–H and O–H groups in total. The van der Waals surface area contributed by atoms with E-state index in [9.17, 15) is 18.8 Å². The zero-order valence-corrected chi connectivity index (χ0v) is 14.0. The second-order valence-electron chi connectivity index (χ2n) is 5.03. The first-order chi connectivity index (χ1) is 12.5. The Labute approximate surface area is 148 Å². The van der Waals surface area contributed by atoms with Crippen LogP contribution in [0.25, 0.3) is 6.08 Å². The van der Waals surface area contributed by atoms with Crippen LogP contribution in [0.3, 0.4) is 0 Å². The van der Waals surface area contributed by atoms with Crippen LogP contribution in [0.4, 0.5) is 4.39 Å². The molecule has 7 nitrogen and oxygen atoms in total. The lowest BCUT2D eigenvalue weighted by molar-refractivity contribution is -0.143. The Balaban J connectivity index is 2.17. The van der Waals surface area contributed by atoms with E-state index in [-0.39, 0.29) is 24.6 Å². The third-order valence-electron chi connectivity index (χ3n) is 3.12. The van der Waals surface area contributed by atoms with Crippen molar-refractivity contribution in [3.05, 3.63) is 65.5 Å². The van der Waals surface area contributed by atoms with E-state index >= 15 is 0 Å². The van der Waals surface area contributed by atoms with Gasteiger partial charge >= 0.3 is 5.97 Å². The summed E-state index contributed by atoms with van der Waals surface area (Å²) in [7, 11) is 0. The highest BCUT2D eigenvalue weighted by Crippen LogP contribution is 2.09. The highest BCUT2D eigenvalue weighted by atomic mass is 19.1. The van der Waals surface area contributed by atoms with Crippen LogP contribution < -0.4 is 10.6 Å². The Hall–Kier alpha value is -3.42. The molecule has 0 unspecified atom stereocenters. The average Bonchev–Trinajstić information content (AvgIpc) is 3.16. The van der Waals surface area contributed by atoms with Gasteiger partial charge in [0.1, 0.15) is 18.1 Å². The van der Waals surface area contributed by atoms with Crippen molar-refractivity contribution in [2.75, 3.05) is 13.2 Å². The molecule has 8 heteroatoms. The number of carbonyl (C=O) groups is 3. The summed E-state index contributed by atoms with van der Waals surface area (Å²) in [5, 5.41) is 4.76. The van der Waals surface area contributed by atoms with Crippen molar-refractivity contribution in [1.29, 1.82) is 0 Å². The summed E-state index contributed by atoms with van der Waals surface area (Å²) in [4.78, 5) is 35.8. The Kier molecular flexibility index (Phi) is 6.67. The van der Waals surface area contributed by atoms with Crippen molar-refractivity contribution in [1.82, 2.24) is 10.6 Å². The predicted molar refractivity (Wildman–Crippen MR) is 90.2 cm³/mol. The minimum absolute atomic E-state index is 0.00759. The summed E-state index contributed by atoms with van der Waals surface area (Å²) < 4.78 is 22.7. The Morgan fingerprint density at radius 3 is 2.54 bits per heavy atom. The number of amides is 2. The van der Waals surface area contributed by atoms with Crippen LogP contribution >= 0.6 is 0 Å². The van der Waals surface area contributed by atoms with Crippen molar-refractivity contribution in [3.63, 3.8) is 0 Å². The summed E-state index contributed by atoms with van der Waals surface area (Å²) in [5.74, 6) is -2.39. The zero-order valence-electron chi connectivity index (χ0n) is 14.0. The van der Waals surface area contributed by atoms with E-state index in [0.29, 0.717) is 5.56 Å². The maximum atomic E-state index is 13.0. The Bertz CT molecular complexity index is 797. The quantitative estimate of drug-likeness (QED) is 0.580. The summed E-state index contributed by atoms with van der Waals surface area (Å²) >= 11 is 0. The molecule has 1 aromatic heterocycles. The van der Waals surface area contributed by atoms with Crippen molar-refractivity contribution >= 4 is 23.9 Å². The number of carbonyl (C=O) groups excluding carboxylic acids is 3. The smallest absolute Gasteiger partial charge is 0.325 e. The molecule has 0 radical (unpaired) electrons. The fraction of sp³-hybridized carbons (Fsp3) is 0.167. The number of hydrogen-bond donors (Lipinski definition) is 2. The molecule has 0 bridgehead atoms. The second kappa shape index (κ2) is 9.16. The van der Waals surface area contributed by atoms with Gasteiger partial charge in [0.15, 0.2) is 5.76 Å². The van der Waals surface area contributed by atoms with Gasteiger partial charge in [-0.3, -0.25) is 14.4 Å². The normalized spacial score (nSPS) is 10.9. The second-order valence-corrected chi connectivity index (χ2v) is 5.03. The molecule has 0 spiro atoms. The maximum absolute atomic E-state index is 13.0. The van der Waals surface area contributed by atoms with Gasteiger partial charge in [-0.1, -0.05) is 12.1 Å². The average molecular weight is 360 g/mol. The monoisotopic (exact) mass is 360 g/mol. The molecule has 1 heterocycles. The van der Waals surface area contributed by atoms with E-state index in [1.54, 1.807) is 6.92 Å². The number of benzene rings is 1. The van der Waals surface area contributed by atoms with Gasteiger partial charge in [0.2, 0.25) is 0 Å². The summed E-state index contributed by atoms with van der Waals surface area (Å²) in [6, 6.07) is 8.27. The fourth-order valence-corrected chi connectivity index (χ4v) is 1.94. The predicted octanol–water partition coefficient (Wildman–Crippen LogP) is 1.87. The van der Waals surface area contributed by atoms with Crippen LogP contribution in [0, 0.1) is 5.82 Å². The van der Waals surface area contributed by atoms with Crippen molar-refractivity contribution in [3.8, 4) is 0 Å². The molecular formula is C18H17FN2O5. The van der Waals surface area contributed by atoms with E-state index in [2.05, 4.69) is 10.6 Å². The standard InChI is InChI=1S/C18H17FN2O5/c1-2-25-16(22)11-20-17(23)14(10-12-5-7-13(19)8-6-12)21-18(24)15-4-3-9-26-15/h3-10H,2,11H2,1H3,(H,20,23)(H,21,24)/b14-10-. The summed E-state index contributed by atoms with van der Waals surface area (Å²) in [6.45, 7) is 1.47. The molecule has 0 aliphatic rings. The number of ether oxygens (including phenoxy) is 1. The van der Waals surface area contributed by atoms with Gasteiger partial charge in [-0.25, -0.2) is 4.39 Å². The third kappa shape index (κ3) is 5.59. The highest BCUT2D eigenvalue weighted by molar-refractivity contribution is 6.05. The van der Waals surface area contributed by atoms with E-state index in [1.807, 2.05) is 0 Å². The first kappa shape index (κ1) is 18.9. The molecule has 2 rings (SSSR count). The van der Waals surface area contributed by atoms with Crippen molar-refractivity contribution in [2.45, 2.75) is 6.92 Å². The molecule has 0 atom stereocenters. The van der Waals surface area contributed by atoms with Crippen LogP contribution in [0.2, 0.25) is 0 Å². The first-order valence-corrected chi connectivity index (χ1v) is 7.75. The molecule has 136 valence electrons. The number of hydrogen-bond acceptors (Lipinski definition) is 5. The van der Waals surface area contributed by atoms with Gasteiger partial charge in [0.05, 0.1) is 12.9 Å². The molecule has 2 amide bonds. The topological polar surface area (TPSA) is 97.6 Å². The Morgan fingerprint density at radius 1 is 1.19 bits per heavy atom. The lowest BCUT2D eigenvalue weighted by Gasteiger charge is -2.10. The minimum Gasteiger partial charge on any atom is -0.465 e. The van der Waals surface area contributed by atoms with Gasteiger partial charge in [0, 0.05) is 0 Å². The molecule has 26 heavy (non-hydrogen) atoms. The van der Waals surface area contributed by atoms with Crippen LogP contribution in [0.15, 0.2) is 52.8 Å². The number of nitrogens with one attached hydrogen (secondary N) is 2. The van der Waals surface area contributed by atoms with Gasteiger partial charge in [-0.2, -0.15) is 0 Å². The minimum atomic E-state index is -0.706. The maximum Gasteiger partial charge on any atom is 0.325 e. The molecular weight excluding hydrogens is 343 g/mol. The lowest BCUT2D eigenvalue weighted by Crippen LogP contribution is -2.37. The number of esters is 1. The molecule has 0 fully saturated rings. The van der Waals surface area contributed by atoms with Gasteiger partial charge < -0.3 is 19.8 Å². The largest absolute Gasteiger partial charge is 0.465 e.